The Bertz CT molecular complexity index is 553. The van der Waals surface area contributed by atoms with Crippen LogP contribution in [0, 0.1) is 35.5 Å². The van der Waals surface area contributed by atoms with Gasteiger partial charge in [0, 0.05) is 37.0 Å². The molecule has 26 heavy (non-hydrogen) atoms. The number of carbonyl (C=O) groups excluding carboxylic acids is 2. The molecule has 5 fully saturated rings. The molecule has 4 saturated carbocycles. The zero-order chi connectivity index (χ0) is 18.0. The van der Waals surface area contributed by atoms with E-state index in [4.69, 9.17) is 0 Å². The van der Waals surface area contributed by atoms with Gasteiger partial charge in [-0.3, -0.25) is 9.59 Å². The fraction of sp³-hybridized carbons (Fsp3) is 0.909. The first-order valence-corrected chi connectivity index (χ1v) is 11.1. The van der Waals surface area contributed by atoms with Crippen molar-refractivity contribution in [2.45, 2.75) is 77.3 Å². The summed E-state index contributed by atoms with van der Waals surface area (Å²) in [5.41, 5.74) is 0. The average molecular weight is 359 g/mol. The number of rotatable bonds is 2. The molecule has 4 heteroatoms. The average Bonchev–Trinajstić information content (AvgIpc) is 3.42. The van der Waals surface area contributed by atoms with Crippen molar-refractivity contribution in [3.05, 3.63) is 0 Å². The summed E-state index contributed by atoms with van der Waals surface area (Å²) in [5.74, 6) is 4.23. The van der Waals surface area contributed by atoms with E-state index >= 15 is 0 Å². The van der Waals surface area contributed by atoms with E-state index in [-0.39, 0.29) is 23.9 Å². The van der Waals surface area contributed by atoms with Gasteiger partial charge in [-0.2, -0.15) is 0 Å². The van der Waals surface area contributed by atoms with Crippen molar-refractivity contribution < 1.29 is 9.59 Å². The van der Waals surface area contributed by atoms with Crippen LogP contribution >= 0.6 is 0 Å². The fourth-order valence-corrected chi connectivity index (χ4v) is 7.26. The van der Waals surface area contributed by atoms with Gasteiger partial charge in [0.1, 0.15) is 0 Å². The van der Waals surface area contributed by atoms with Crippen LogP contribution in [0.25, 0.3) is 0 Å². The Kier molecular flexibility index (Phi) is 4.09. The molecule has 0 aromatic rings. The Balaban J connectivity index is 1.25. The van der Waals surface area contributed by atoms with Crippen molar-refractivity contribution >= 4 is 11.8 Å². The number of carbonyl (C=O) groups is 2. The molecule has 5 aliphatic rings. The normalized spacial score (nSPS) is 47.0. The Hall–Kier alpha value is -1.06. The first kappa shape index (κ1) is 17.1. The predicted octanol–water partition coefficient (Wildman–Crippen LogP) is 3.31. The minimum Gasteiger partial charge on any atom is -0.336 e. The summed E-state index contributed by atoms with van der Waals surface area (Å²) in [5, 5.41) is 0. The zero-order valence-electron chi connectivity index (χ0n) is 16.4. The third kappa shape index (κ3) is 2.62. The Morgan fingerprint density at radius 2 is 1.08 bits per heavy atom. The van der Waals surface area contributed by atoms with Crippen LogP contribution in [0.2, 0.25) is 0 Å². The molecule has 4 bridgehead atoms. The molecule has 5 rings (SSSR count). The molecule has 144 valence electrons. The highest BCUT2D eigenvalue weighted by atomic mass is 16.2. The molecule has 0 aromatic heterocycles. The van der Waals surface area contributed by atoms with Gasteiger partial charge < -0.3 is 9.80 Å². The molecule has 4 aliphatic carbocycles. The van der Waals surface area contributed by atoms with E-state index in [0.717, 1.165) is 37.8 Å². The lowest BCUT2D eigenvalue weighted by Crippen LogP contribution is -2.61. The standard InChI is InChI=1S/C22H34N2O2/c1-13-11-24(22(26)20-10-16-4-6-18(20)8-16)14(2)12-23(13)21(25)19-9-15-3-5-17(19)7-15/h13-20H,3-12H2,1-2H3. The van der Waals surface area contributed by atoms with Gasteiger partial charge in [0.15, 0.2) is 0 Å². The maximum atomic E-state index is 13.2. The molecule has 8 atom stereocenters. The highest BCUT2D eigenvalue weighted by Crippen LogP contribution is 2.50. The molecule has 0 spiro atoms. The van der Waals surface area contributed by atoms with E-state index in [2.05, 4.69) is 23.6 Å². The lowest BCUT2D eigenvalue weighted by atomic mass is 9.86. The molecule has 2 amide bonds. The van der Waals surface area contributed by atoms with Crippen LogP contribution in [-0.2, 0) is 9.59 Å². The third-order valence-electron chi connectivity index (χ3n) is 8.66. The molecular formula is C22H34N2O2. The number of amides is 2. The van der Waals surface area contributed by atoms with Crippen molar-refractivity contribution in [3.8, 4) is 0 Å². The van der Waals surface area contributed by atoms with Crippen LogP contribution < -0.4 is 0 Å². The number of fused-ring (bicyclic) bond motifs is 4. The molecule has 1 heterocycles. The molecule has 0 N–H and O–H groups in total. The van der Waals surface area contributed by atoms with E-state index in [1.165, 1.54) is 38.5 Å². The number of hydrogen-bond acceptors (Lipinski definition) is 2. The lowest BCUT2D eigenvalue weighted by molar-refractivity contribution is -0.152. The lowest BCUT2D eigenvalue weighted by Gasteiger charge is -2.46. The van der Waals surface area contributed by atoms with Gasteiger partial charge in [-0.15, -0.1) is 0 Å². The monoisotopic (exact) mass is 358 g/mol. The van der Waals surface area contributed by atoms with Crippen LogP contribution in [0.5, 0.6) is 0 Å². The first-order chi connectivity index (χ1) is 12.5. The smallest absolute Gasteiger partial charge is 0.226 e. The van der Waals surface area contributed by atoms with Gasteiger partial charge in [-0.05, 0) is 76.0 Å². The van der Waals surface area contributed by atoms with Gasteiger partial charge in [-0.25, -0.2) is 0 Å². The largest absolute Gasteiger partial charge is 0.336 e. The highest BCUT2D eigenvalue weighted by Gasteiger charge is 2.48. The molecule has 1 aliphatic heterocycles. The van der Waals surface area contributed by atoms with Crippen LogP contribution in [0.3, 0.4) is 0 Å². The van der Waals surface area contributed by atoms with E-state index < -0.39 is 0 Å². The quantitative estimate of drug-likeness (QED) is 0.760. The van der Waals surface area contributed by atoms with Crippen molar-refractivity contribution in [3.63, 3.8) is 0 Å². The molecule has 0 aromatic carbocycles. The van der Waals surface area contributed by atoms with Crippen LogP contribution in [0.4, 0.5) is 0 Å². The van der Waals surface area contributed by atoms with Crippen LogP contribution in [0.15, 0.2) is 0 Å². The van der Waals surface area contributed by atoms with Crippen molar-refractivity contribution in [1.82, 2.24) is 9.80 Å². The van der Waals surface area contributed by atoms with Crippen LogP contribution in [0.1, 0.15) is 65.2 Å². The summed E-state index contributed by atoms with van der Waals surface area (Å²) < 4.78 is 0. The summed E-state index contributed by atoms with van der Waals surface area (Å²) in [6.45, 7) is 5.77. The van der Waals surface area contributed by atoms with E-state index in [9.17, 15) is 9.59 Å². The van der Waals surface area contributed by atoms with Crippen molar-refractivity contribution in [1.29, 1.82) is 0 Å². The fourth-order valence-electron chi connectivity index (χ4n) is 7.26. The second-order valence-electron chi connectivity index (χ2n) is 10.2. The minimum absolute atomic E-state index is 0.167. The summed E-state index contributed by atoms with van der Waals surface area (Å²) in [7, 11) is 0. The highest BCUT2D eigenvalue weighted by molar-refractivity contribution is 5.82. The van der Waals surface area contributed by atoms with Gasteiger partial charge in [-0.1, -0.05) is 12.8 Å². The van der Waals surface area contributed by atoms with E-state index in [0.29, 0.717) is 23.7 Å². The maximum absolute atomic E-state index is 13.2. The summed E-state index contributed by atoms with van der Waals surface area (Å²) in [6.07, 6.45) is 10.00. The van der Waals surface area contributed by atoms with E-state index in [1.807, 2.05) is 0 Å². The minimum atomic E-state index is 0.167. The van der Waals surface area contributed by atoms with Gasteiger partial charge in [0.25, 0.3) is 0 Å². The summed E-state index contributed by atoms with van der Waals surface area (Å²) in [6, 6.07) is 0.334. The number of nitrogens with zero attached hydrogens (tertiary/aromatic N) is 2. The Labute approximate surface area is 157 Å². The SMILES string of the molecule is CC1CN(C(=O)C2CC3CCC2C3)C(C)CN1C(=O)C1CC2CCC1C2. The second kappa shape index (κ2) is 6.24. The van der Waals surface area contributed by atoms with Gasteiger partial charge in [0.05, 0.1) is 0 Å². The molecule has 0 radical (unpaired) electrons. The van der Waals surface area contributed by atoms with Crippen LogP contribution in [-0.4, -0.2) is 46.8 Å². The third-order valence-corrected chi connectivity index (χ3v) is 8.66. The maximum Gasteiger partial charge on any atom is 0.226 e. The first-order valence-electron chi connectivity index (χ1n) is 11.1. The summed E-state index contributed by atoms with van der Waals surface area (Å²) >= 11 is 0. The van der Waals surface area contributed by atoms with Gasteiger partial charge in [0.2, 0.25) is 11.8 Å². The van der Waals surface area contributed by atoms with Gasteiger partial charge >= 0.3 is 0 Å². The van der Waals surface area contributed by atoms with Crippen molar-refractivity contribution in [2.24, 2.45) is 35.5 Å². The number of hydrogen-bond donors (Lipinski definition) is 0. The number of piperazine rings is 1. The topological polar surface area (TPSA) is 40.6 Å². The molecule has 1 saturated heterocycles. The molecular weight excluding hydrogens is 324 g/mol. The Morgan fingerprint density at radius 3 is 1.38 bits per heavy atom. The zero-order valence-corrected chi connectivity index (χ0v) is 16.4. The molecule has 4 nitrogen and oxygen atoms in total. The van der Waals surface area contributed by atoms with Crippen molar-refractivity contribution in [2.75, 3.05) is 13.1 Å². The predicted molar refractivity (Wildman–Crippen MR) is 100 cm³/mol. The van der Waals surface area contributed by atoms with E-state index in [1.54, 1.807) is 0 Å². The molecule has 8 unspecified atom stereocenters. The second-order valence-corrected chi connectivity index (χ2v) is 10.2. The Morgan fingerprint density at radius 1 is 0.654 bits per heavy atom. The summed E-state index contributed by atoms with van der Waals surface area (Å²) in [4.78, 5) is 30.7.